The van der Waals surface area contributed by atoms with E-state index in [-0.39, 0.29) is 4.90 Å². The first-order chi connectivity index (χ1) is 10.4. The Morgan fingerprint density at radius 3 is 2.64 bits per heavy atom. The van der Waals surface area contributed by atoms with Gasteiger partial charge in [0, 0.05) is 43.4 Å². The minimum Gasteiger partial charge on any atom is -0.377 e. The zero-order chi connectivity index (χ0) is 16.2. The molecule has 1 aromatic carbocycles. The highest BCUT2D eigenvalue weighted by Gasteiger charge is 2.19. The van der Waals surface area contributed by atoms with Crippen molar-refractivity contribution in [2.24, 2.45) is 0 Å². The molecule has 0 atom stereocenters. The molecule has 0 aliphatic carbocycles. The lowest BCUT2D eigenvalue weighted by atomic mass is 10.3. The Morgan fingerprint density at radius 2 is 2.00 bits per heavy atom. The topological polar surface area (TPSA) is 62.3 Å². The van der Waals surface area contributed by atoms with E-state index in [4.69, 9.17) is 0 Å². The first-order valence-corrected chi connectivity index (χ1v) is 9.04. The molecule has 0 bridgehead atoms. The van der Waals surface area contributed by atoms with E-state index in [1.54, 1.807) is 23.2 Å². The summed E-state index contributed by atoms with van der Waals surface area (Å²) in [6.45, 7) is 0.304. The van der Waals surface area contributed by atoms with Gasteiger partial charge in [-0.1, -0.05) is 22.0 Å². The summed E-state index contributed by atoms with van der Waals surface area (Å²) < 4.78 is 28.4. The summed E-state index contributed by atoms with van der Waals surface area (Å²) in [5.41, 5.74) is 1.50. The summed E-state index contributed by atoms with van der Waals surface area (Å²) in [7, 11) is 0.0532. The lowest BCUT2D eigenvalue weighted by Crippen LogP contribution is -2.28. The molecule has 0 aliphatic heterocycles. The van der Waals surface area contributed by atoms with Crippen LogP contribution in [0.25, 0.3) is 0 Å². The summed E-state index contributed by atoms with van der Waals surface area (Å²) in [6, 6.07) is 10.8. The Bertz CT molecular complexity index is 734. The Hall–Kier alpha value is -1.44. The molecular weight excluding hydrogens is 366 g/mol. The smallest absolute Gasteiger partial charge is 0.242 e. The van der Waals surface area contributed by atoms with Crippen molar-refractivity contribution < 1.29 is 8.42 Å². The standard InChI is InChI=1S/C15H18BrN3O2S/c1-19(2)14-7-6-12(16)11-15(14)22(20,21)18-10-8-13-5-3-4-9-17-13/h3-7,9,11,18H,8,10H2,1-2H3. The molecule has 0 saturated heterocycles. The van der Waals surface area contributed by atoms with Crippen LogP contribution in [0.2, 0.25) is 0 Å². The Morgan fingerprint density at radius 1 is 1.23 bits per heavy atom. The molecule has 1 aromatic heterocycles. The zero-order valence-corrected chi connectivity index (χ0v) is 14.9. The molecule has 7 heteroatoms. The number of hydrogen-bond acceptors (Lipinski definition) is 4. The fraction of sp³-hybridized carbons (Fsp3) is 0.267. The summed E-state index contributed by atoms with van der Waals surface area (Å²) in [4.78, 5) is 6.22. The van der Waals surface area contributed by atoms with Crippen LogP contribution < -0.4 is 9.62 Å². The van der Waals surface area contributed by atoms with Gasteiger partial charge < -0.3 is 4.90 Å². The maximum atomic E-state index is 12.5. The van der Waals surface area contributed by atoms with Gasteiger partial charge in [-0.2, -0.15) is 0 Å². The molecule has 0 spiro atoms. The van der Waals surface area contributed by atoms with E-state index in [2.05, 4.69) is 25.6 Å². The van der Waals surface area contributed by atoms with Crippen LogP contribution in [0.15, 0.2) is 52.0 Å². The van der Waals surface area contributed by atoms with Gasteiger partial charge in [0.05, 0.1) is 5.69 Å². The molecule has 118 valence electrons. The molecule has 2 aromatic rings. The number of nitrogens with one attached hydrogen (secondary N) is 1. The SMILES string of the molecule is CN(C)c1ccc(Br)cc1S(=O)(=O)NCCc1ccccn1. The molecule has 0 fully saturated rings. The number of halogens is 1. The molecule has 2 rings (SSSR count). The van der Waals surface area contributed by atoms with Gasteiger partial charge in [0.1, 0.15) is 4.90 Å². The Kier molecular flexibility index (Phi) is 5.55. The number of hydrogen-bond donors (Lipinski definition) is 1. The van der Waals surface area contributed by atoms with Crippen LogP contribution in [0.3, 0.4) is 0 Å². The maximum Gasteiger partial charge on any atom is 0.242 e. The lowest BCUT2D eigenvalue weighted by molar-refractivity contribution is 0.581. The normalized spacial score (nSPS) is 11.4. The van der Waals surface area contributed by atoms with E-state index in [0.29, 0.717) is 18.7 Å². The molecule has 0 unspecified atom stereocenters. The number of rotatable bonds is 6. The van der Waals surface area contributed by atoms with Crippen molar-refractivity contribution >= 4 is 31.6 Å². The molecule has 1 N–H and O–H groups in total. The summed E-state index contributed by atoms with van der Waals surface area (Å²) in [5, 5.41) is 0. The van der Waals surface area contributed by atoms with E-state index in [0.717, 1.165) is 10.2 Å². The Balaban J connectivity index is 2.15. The van der Waals surface area contributed by atoms with E-state index in [9.17, 15) is 8.42 Å². The monoisotopic (exact) mass is 383 g/mol. The van der Waals surface area contributed by atoms with Crippen LogP contribution >= 0.6 is 15.9 Å². The predicted octanol–water partition coefficient (Wildman–Crippen LogP) is 2.43. The molecule has 0 saturated carbocycles. The quantitative estimate of drug-likeness (QED) is 0.831. The molecule has 0 aliphatic rings. The Labute approximate surface area is 139 Å². The van der Waals surface area contributed by atoms with Crippen molar-refractivity contribution in [1.82, 2.24) is 9.71 Å². The van der Waals surface area contributed by atoms with Crippen molar-refractivity contribution in [3.8, 4) is 0 Å². The van der Waals surface area contributed by atoms with Crippen molar-refractivity contribution in [2.75, 3.05) is 25.5 Å². The van der Waals surface area contributed by atoms with Gasteiger partial charge >= 0.3 is 0 Å². The molecular formula is C15H18BrN3O2S. The number of nitrogens with zero attached hydrogens (tertiary/aromatic N) is 2. The minimum absolute atomic E-state index is 0.257. The van der Waals surface area contributed by atoms with Crippen LogP contribution in [-0.2, 0) is 16.4 Å². The molecule has 1 heterocycles. The first kappa shape index (κ1) is 16.9. The maximum absolute atomic E-state index is 12.5. The minimum atomic E-state index is -3.58. The second-order valence-electron chi connectivity index (χ2n) is 4.98. The average Bonchev–Trinajstić information content (AvgIpc) is 2.47. The van der Waals surface area contributed by atoms with E-state index in [1.165, 1.54) is 0 Å². The van der Waals surface area contributed by atoms with Gasteiger partial charge in [-0.3, -0.25) is 4.98 Å². The third kappa shape index (κ3) is 4.28. The van der Waals surface area contributed by atoms with Crippen LogP contribution in [0.4, 0.5) is 5.69 Å². The number of benzene rings is 1. The summed E-state index contributed by atoms with van der Waals surface area (Å²) >= 11 is 3.32. The van der Waals surface area contributed by atoms with Crippen LogP contribution in [0, 0.1) is 0 Å². The number of aromatic nitrogens is 1. The highest BCUT2D eigenvalue weighted by molar-refractivity contribution is 9.10. The van der Waals surface area contributed by atoms with Crippen LogP contribution in [0.1, 0.15) is 5.69 Å². The third-order valence-electron chi connectivity index (χ3n) is 3.09. The van der Waals surface area contributed by atoms with E-state index >= 15 is 0 Å². The van der Waals surface area contributed by atoms with Gasteiger partial charge in [0.15, 0.2) is 0 Å². The second-order valence-corrected chi connectivity index (χ2v) is 7.63. The summed E-state index contributed by atoms with van der Waals surface area (Å²) in [6.07, 6.45) is 2.24. The van der Waals surface area contributed by atoms with Crippen LogP contribution in [-0.4, -0.2) is 34.0 Å². The molecule has 0 amide bonds. The van der Waals surface area contributed by atoms with E-state index in [1.807, 2.05) is 38.4 Å². The van der Waals surface area contributed by atoms with Crippen molar-refractivity contribution in [3.05, 3.63) is 52.8 Å². The predicted molar refractivity (Wildman–Crippen MR) is 91.6 cm³/mol. The highest BCUT2D eigenvalue weighted by atomic mass is 79.9. The van der Waals surface area contributed by atoms with Crippen molar-refractivity contribution in [3.63, 3.8) is 0 Å². The van der Waals surface area contributed by atoms with Gasteiger partial charge in [-0.15, -0.1) is 0 Å². The van der Waals surface area contributed by atoms with Gasteiger partial charge in [0.25, 0.3) is 0 Å². The number of sulfonamides is 1. The largest absolute Gasteiger partial charge is 0.377 e. The molecule has 0 radical (unpaired) electrons. The molecule has 5 nitrogen and oxygen atoms in total. The highest BCUT2D eigenvalue weighted by Crippen LogP contribution is 2.27. The van der Waals surface area contributed by atoms with Gasteiger partial charge in [-0.25, -0.2) is 13.1 Å². The van der Waals surface area contributed by atoms with Gasteiger partial charge in [0.2, 0.25) is 10.0 Å². The molecule has 22 heavy (non-hydrogen) atoms. The number of anilines is 1. The van der Waals surface area contributed by atoms with Crippen molar-refractivity contribution in [2.45, 2.75) is 11.3 Å². The van der Waals surface area contributed by atoms with Crippen LogP contribution in [0.5, 0.6) is 0 Å². The van der Waals surface area contributed by atoms with Crippen molar-refractivity contribution in [1.29, 1.82) is 0 Å². The fourth-order valence-electron chi connectivity index (χ4n) is 2.01. The third-order valence-corrected chi connectivity index (χ3v) is 5.08. The zero-order valence-electron chi connectivity index (χ0n) is 12.5. The lowest BCUT2D eigenvalue weighted by Gasteiger charge is -2.18. The average molecular weight is 384 g/mol. The fourth-order valence-corrected chi connectivity index (χ4v) is 3.86. The number of pyridine rings is 1. The van der Waals surface area contributed by atoms with E-state index < -0.39 is 10.0 Å². The first-order valence-electron chi connectivity index (χ1n) is 6.76. The second kappa shape index (κ2) is 7.21. The van der Waals surface area contributed by atoms with Gasteiger partial charge in [-0.05, 0) is 30.3 Å². The summed E-state index contributed by atoms with van der Waals surface area (Å²) in [5.74, 6) is 0.